The van der Waals surface area contributed by atoms with Gasteiger partial charge in [-0.1, -0.05) is 6.92 Å². The highest BCUT2D eigenvalue weighted by Crippen LogP contribution is 2.65. The molecular formula is C26H39N3O. The lowest BCUT2D eigenvalue weighted by molar-refractivity contribution is -0.0727. The molecule has 0 aliphatic heterocycles. The predicted octanol–water partition coefficient (Wildman–Crippen LogP) is 5.68. The van der Waals surface area contributed by atoms with Crippen LogP contribution in [0.25, 0.3) is 0 Å². The standard InChI is InChI=1S/C26H39N3O/c1-26-12-9-23-22-6-3-18(17-30-2)15-19(22)4-7-24(23)25(26)8-5-20(26)10-13-29-14-11-21(16-27)28-29/h11,14,18-20,22-25H,3-10,12-13,15,17H2,1-2H3. The summed E-state index contributed by atoms with van der Waals surface area (Å²) in [5.41, 5.74) is 1.08. The van der Waals surface area contributed by atoms with Crippen molar-refractivity contribution in [1.29, 1.82) is 5.26 Å². The molecule has 8 atom stereocenters. The number of fused-ring (bicyclic) bond motifs is 5. The molecule has 4 nitrogen and oxygen atoms in total. The number of aromatic nitrogens is 2. The van der Waals surface area contributed by atoms with Gasteiger partial charge >= 0.3 is 0 Å². The van der Waals surface area contributed by atoms with Crippen LogP contribution in [0.2, 0.25) is 0 Å². The average Bonchev–Trinajstić information content (AvgIpc) is 3.35. The Morgan fingerprint density at radius 3 is 2.80 bits per heavy atom. The summed E-state index contributed by atoms with van der Waals surface area (Å²) in [5, 5.41) is 13.4. The molecule has 4 fully saturated rings. The molecule has 0 bridgehead atoms. The minimum atomic E-state index is 0.534. The van der Waals surface area contributed by atoms with Crippen LogP contribution in [0.15, 0.2) is 12.3 Å². The molecule has 4 heteroatoms. The minimum absolute atomic E-state index is 0.534. The van der Waals surface area contributed by atoms with Crippen LogP contribution in [0.4, 0.5) is 0 Å². The van der Waals surface area contributed by atoms with Crippen molar-refractivity contribution in [1.82, 2.24) is 9.78 Å². The third-order valence-corrected chi connectivity index (χ3v) is 10.1. The van der Waals surface area contributed by atoms with Gasteiger partial charge in [0.2, 0.25) is 0 Å². The van der Waals surface area contributed by atoms with Crippen molar-refractivity contribution in [2.75, 3.05) is 13.7 Å². The van der Waals surface area contributed by atoms with Crippen molar-refractivity contribution in [3.05, 3.63) is 18.0 Å². The maximum absolute atomic E-state index is 9.03. The van der Waals surface area contributed by atoms with Crippen molar-refractivity contribution in [2.45, 2.75) is 77.7 Å². The summed E-state index contributed by atoms with van der Waals surface area (Å²) in [5.74, 6) is 6.59. The highest BCUT2D eigenvalue weighted by atomic mass is 16.5. The van der Waals surface area contributed by atoms with Crippen molar-refractivity contribution in [3.63, 3.8) is 0 Å². The third kappa shape index (κ3) is 3.52. The molecule has 1 aromatic heterocycles. The predicted molar refractivity (Wildman–Crippen MR) is 118 cm³/mol. The van der Waals surface area contributed by atoms with Crippen LogP contribution in [0.1, 0.15) is 76.8 Å². The zero-order chi connectivity index (χ0) is 20.7. The smallest absolute Gasteiger partial charge is 0.162 e. The number of hydrogen-bond donors (Lipinski definition) is 0. The van der Waals surface area contributed by atoms with Gasteiger partial charge in [-0.2, -0.15) is 10.4 Å². The maximum atomic E-state index is 9.03. The first-order chi connectivity index (χ1) is 14.6. The van der Waals surface area contributed by atoms with Crippen molar-refractivity contribution >= 4 is 0 Å². The highest BCUT2D eigenvalue weighted by molar-refractivity contribution is 5.16. The number of methoxy groups -OCH3 is 1. The summed E-state index contributed by atoms with van der Waals surface area (Å²) >= 11 is 0. The quantitative estimate of drug-likeness (QED) is 0.629. The second-order valence-electron chi connectivity index (χ2n) is 11.3. The van der Waals surface area contributed by atoms with E-state index in [2.05, 4.69) is 18.1 Å². The minimum Gasteiger partial charge on any atom is -0.384 e. The van der Waals surface area contributed by atoms with Gasteiger partial charge in [0, 0.05) is 26.5 Å². The number of hydrogen-bond acceptors (Lipinski definition) is 3. The molecule has 0 saturated heterocycles. The van der Waals surface area contributed by atoms with E-state index in [1.807, 2.05) is 24.1 Å². The Balaban J connectivity index is 1.23. The van der Waals surface area contributed by atoms with Crippen LogP contribution in [0.3, 0.4) is 0 Å². The Kier molecular flexibility index (Phi) is 5.69. The number of ether oxygens (including phenoxy) is 1. The van der Waals surface area contributed by atoms with Gasteiger partial charge in [0.25, 0.3) is 0 Å². The van der Waals surface area contributed by atoms with Crippen LogP contribution in [-0.2, 0) is 11.3 Å². The van der Waals surface area contributed by atoms with Gasteiger partial charge in [0.1, 0.15) is 6.07 Å². The van der Waals surface area contributed by atoms with Crippen LogP contribution >= 0.6 is 0 Å². The van der Waals surface area contributed by atoms with E-state index >= 15 is 0 Å². The summed E-state index contributed by atoms with van der Waals surface area (Å²) < 4.78 is 7.48. The van der Waals surface area contributed by atoms with E-state index in [0.29, 0.717) is 11.1 Å². The van der Waals surface area contributed by atoms with Crippen molar-refractivity contribution in [3.8, 4) is 6.07 Å². The van der Waals surface area contributed by atoms with Gasteiger partial charge in [-0.3, -0.25) is 4.68 Å². The Bertz CT molecular complexity index is 781. The molecule has 4 aliphatic rings. The van der Waals surface area contributed by atoms with E-state index in [1.54, 1.807) is 0 Å². The van der Waals surface area contributed by atoms with Crippen LogP contribution in [0.5, 0.6) is 0 Å². The number of nitriles is 1. The fraction of sp³-hybridized carbons (Fsp3) is 0.846. The van der Waals surface area contributed by atoms with E-state index < -0.39 is 0 Å². The molecule has 4 aliphatic carbocycles. The highest BCUT2D eigenvalue weighted by Gasteiger charge is 2.56. The first-order valence-electron chi connectivity index (χ1n) is 12.5. The van der Waals surface area contributed by atoms with Crippen LogP contribution in [0, 0.1) is 58.2 Å². The third-order valence-electron chi connectivity index (χ3n) is 10.1. The summed E-state index contributed by atoms with van der Waals surface area (Å²) in [4.78, 5) is 0. The Hall–Kier alpha value is -1.34. The maximum Gasteiger partial charge on any atom is 0.162 e. The molecule has 0 amide bonds. The summed E-state index contributed by atoms with van der Waals surface area (Å²) in [6, 6.07) is 3.99. The lowest BCUT2D eigenvalue weighted by atomic mass is 9.49. The van der Waals surface area contributed by atoms with Gasteiger partial charge in [-0.25, -0.2) is 0 Å². The molecule has 164 valence electrons. The van der Waals surface area contributed by atoms with E-state index in [1.165, 1.54) is 64.2 Å². The molecule has 1 aromatic rings. The SMILES string of the molecule is COCC1CCC2C(CCC3C2CCC2(C)C(CCn4ccc(C#N)n4)CCC32)C1. The van der Waals surface area contributed by atoms with Gasteiger partial charge in [0.05, 0.1) is 0 Å². The van der Waals surface area contributed by atoms with Gasteiger partial charge in [-0.15, -0.1) is 0 Å². The lowest BCUT2D eigenvalue weighted by Gasteiger charge is -2.56. The average molecular weight is 410 g/mol. The molecule has 30 heavy (non-hydrogen) atoms. The molecule has 4 saturated carbocycles. The first-order valence-corrected chi connectivity index (χ1v) is 12.5. The number of rotatable bonds is 5. The molecule has 0 aromatic carbocycles. The molecule has 0 spiro atoms. The van der Waals surface area contributed by atoms with E-state index in [0.717, 1.165) is 54.6 Å². The van der Waals surface area contributed by atoms with Gasteiger partial charge in [-0.05, 0) is 117 Å². The molecule has 0 N–H and O–H groups in total. The summed E-state index contributed by atoms with van der Waals surface area (Å²) in [7, 11) is 1.87. The summed E-state index contributed by atoms with van der Waals surface area (Å²) in [6.07, 6.45) is 16.2. The van der Waals surface area contributed by atoms with E-state index in [-0.39, 0.29) is 0 Å². The number of aryl methyl sites for hydroxylation is 1. The van der Waals surface area contributed by atoms with E-state index in [9.17, 15) is 0 Å². The van der Waals surface area contributed by atoms with Crippen molar-refractivity contribution in [2.24, 2.45) is 46.8 Å². The van der Waals surface area contributed by atoms with Crippen molar-refractivity contribution < 1.29 is 4.74 Å². The zero-order valence-corrected chi connectivity index (χ0v) is 18.9. The second-order valence-corrected chi connectivity index (χ2v) is 11.3. The van der Waals surface area contributed by atoms with Crippen LogP contribution in [-0.4, -0.2) is 23.5 Å². The fourth-order valence-corrected chi connectivity index (χ4v) is 8.75. The normalized spacial score (nSPS) is 42.8. The lowest BCUT2D eigenvalue weighted by Crippen LogP contribution is -2.48. The molecule has 5 rings (SSSR count). The molecule has 8 unspecified atom stereocenters. The monoisotopic (exact) mass is 409 g/mol. The largest absolute Gasteiger partial charge is 0.384 e. The molecule has 0 radical (unpaired) electrons. The van der Waals surface area contributed by atoms with Crippen LogP contribution < -0.4 is 0 Å². The Morgan fingerprint density at radius 2 is 2.00 bits per heavy atom. The van der Waals surface area contributed by atoms with Gasteiger partial charge in [0.15, 0.2) is 5.69 Å². The Morgan fingerprint density at radius 1 is 1.13 bits per heavy atom. The summed E-state index contributed by atoms with van der Waals surface area (Å²) in [6.45, 7) is 4.58. The second kappa shape index (κ2) is 8.30. The topological polar surface area (TPSA) is 50.8 Å². The number of nitrogens with zero attached hydrogens (tertiary/aromatic N) is 3. The fourth-order valence-electron chi connectivity index (χ4n) is 8.75. The molecule has 1 heterocycles. The zero-order valence-electron chi connectivity index (χ0n) is 18.9. The van der Waals surface area contributed by atoms with E-state index in [4.69, 9.17) is 10.00 Å². The Labute approximate surface area is 182 Å². The first kappa shape index (κ1) is 20.6. The van der Waals surface area contributed by atoms with Gasteiger partial charge < -0.3 is 4.74 Å². The molecular weight excluding hydrogens is 370 g/mol.